The minimum atomic E-state index is -0.577. The monoisotopic (exact) mass is 561 g/mol. The molecule has 1 amide bonds. The lowest BCUT2D eigenvalue weighted by molar-refractivity contribution is -0.709. The summed E-state index contributed by atoms with van der Waals surface area (Å²) in [6, 6.07) is 16.9. The van der Waals surface area contributed by atoms with Crippen LogP contribution >= 0.6 is 11.8 Å². The molecule has 3 aromatic rings. The number of aliphatic imine (C=N–C) groups is 1. The fourth-order valence-corrected chi connectivity index (χ4v) is 6.83. The van der Waals surface area contributed by atoms with Gasteiger partial charge < -0.3 is 19.4 Å². The Balaban J connectivity index is 1.14. The summed E-state index contributed by atoms with van der Waals surface area (Å²) in [6.07, 6.45) is 6.89. The van der Waals surface area contributed by atoms with Crippen molar-refractivity contribution >= 4 is 40.9 Å². The van der Waals surface area contributed by atoms with Gasteiger partial charge in [0.15, 0.2) is 5.72 Å². The Morgan fingerprint density at radius 1 is 1.15 bits per heavy atom. The summed E-state index contributed by atoms with van der Waals surface area (Å²) in [7, 11) is 7.97. The number of anilines is 2. The third-order valence-corrected chi connectivity index (χ3v) is 9.56. The van der Waals surface area contributed by atoms with Gasteiger partial charge in [-0.25, -0.2) is 9.13 Å². The molecule has 1 unspecified atom stereocenters. The second-order valence-corrected chi connectivity index (χ2v) is 12.2. The molecule has 40 heavy (non-hydrogen) atoms. The third kappa shape index (κ3) is 5.12. The predicted octanol–water partition coefficient (Wildman–Crippen LogP) is 4.15. The van der Waals surface area contributed by atoms with Crippen LogP contribution in [0.2, 0.25) is 0 Å². The Kier molecular flexibility index (Phi) is 7.97. The number of aryl methyl sites for hydroxylation is 2. The van der Waals surface area contributed by atoms with Crippen molar-refractivity contribution in [1.29, 1.82) is 0 Å². The fourth-order valence-electron chi connectivity index (χ4n) is 5.82. The number of amides is 1. The number of hydrogen-bond acceptors (Lipinski definition) is 6. The van der Waals surface area contributed by atoms with Gasteiger partial charge in [0.05, 0.1) is 38.4 Å². The molecule has 8 nitrogen and oxygen atoms in total. The largest absolute Gasteiger partial charge is 0.375 e. The molecule has 212 valence electrons. The number of thioether (sulfide) groups is 1. The number of para-hydroxylation sites is 1. The second kappa shape index (κ2) is 11.3. The van der Waals surface area contributed by atoms with Crippen LogP contribution in [0, 0.1) is 0 Å². The summed E-state index contributed by atoms with van der Waals surface area (Å²) >= 11 is 1.57. The van der Waals surface area contributed by atoms with Gasteiger partial charge in [-0.2, -0.15) is 0 Å². The summed E-state index contributed by atoms with van der Waals surface area (Å²) in [4.78, 5) is 23.9. The van der Waals surface area contributed by atoms with E-state index in [1.54, 1.807) is 11.8 Å². The van der Waals surface area contributed by atoms with E-state index < -0.39 is 5.72 Å². The number of aromatic nitrogens is 2. The number of fused-ring (bicyclic) bond motifs is 3. The van der Waals surface area contributed by atoms with E-state index in [0.29, 0.717) is 12.4 Å². The summed E-state index contributed by atoms with van der Waals surface area (Å²) in [5, 5.41) is 1.07. The topological polar surface area (TPSA) is 57.2 Å². The maximum absolute atomic E-state index is 12.6. The summed E-state index contributed by atoms with van der Waals surface area (Å²) in [5.41, 5.74) is 3.79. The van der Waals surface area contributed by atoms with Crippen molar-refractivity contribution in [2.24, 2.45) is 19.1 Å². The molecule has 0 radical (unpaired) electrons. The maximum atomic E-state index is 12.6. The van der Waals surface area contributed by atoms with Crippen molar-refractivity contribution in [3.63, 3.8) is 0 Å². The summed E-state index contributed by atoms with van der Waals surface area (Å²) < 4.78 is 10.5. The van der Waals surface area contributed by atoms with Crippen LogP contribution in [0.5, 0.6) is 0 Å². The first kappa shape index (κ1) is 28.2. The van der Waals surface area contributed by atoms with Crippen LogP contribution in [-0.2, 0) is 29.0 Å². The minimum Gasteiger partial charge on any atom is -0.375 e. The van der Waals surface area contributed by atoms with Crippen LogP contribution in [-0.4, -0.2) is 73.4 Å². The van der Waals surface area contributed by atoms with Gasteiger partial charge in [0.2, 0.25) is 5.91 Å². The van der Waals surface area contributed by atoms with E-state index in [-0.39, 0.29) is 11.3 Å². The minimum absolute atomic E-state index is 0.147. The Bertz CT molecular complexity index is 1370. The van der Waals surface area contributed by atoms with Gasteiger partial charge in [0.1, 0.15) is 12.4 Å². The molecular weight excluding hydrogens is 520 g/mol. The summed E-state index contributed by atoms with van der Waals surface area (Å²) in [6.45, 7) is 7.63. The Morgan fingerprint density at radius 2 is 1.90 bits per heavy atom. The van der Waals surface area contributed by atoms with Crippen molar-refractivity contribution in [3.8, 4) is 0 Å². The highest BCUT2D eigenvalue weighted by molar-refractivity contribution is 7.99. The number of ether oxygens (including phenoxy) is 1. The lowest BCUT2D eigenvalue weighted by atomic mass is 9.78. The molecule has 2 aliphatic heterocycles. The molecule has 1 saturated heterocycles. The van der Waals surface area contributed by atoms with E-state index in [9.17, 15) is 4.79 Å². The molecule has 0 N–H and O–H groups in total. The van der Waals surface area contributed by atoms with Crippen molar-refractivity contribution < 1.29 is 14.1 Å². The first-order chi connectivity index (χ1) is 19.1. The first-order valence-corrected chi connectivity index (χ1v) is 14.9. The standard InChI is InChI=1S/C31H41N6O2S/c1-30(2)26-10-7-8-11-27(26)37-20-21-39-31(30,37)23-32-24-12-14-25(15-13-24)33(3)16-9-17-34(4)28(38)22-40-29-35(5)18-19-36(29)6/h7-8,10-15,18-19,23H,9,16-17,20-22H2,1-6H3/q+1/b32-23+. The van der Waals surface area contributed by atoms with Gasteiger partial charge >= 0.3 is 5.16 Å². The zero-order chi connectivity index (χ0) is 28.5. The van der Waals surface area contributed by atoms with E-state index in [4.69, 9.17) is 9.73 Å². The van der Waals surface area contributed by atoms with Crippen molar-refractivity contribution in [2.75, 3.05) is 55.9 Å². The van der Waals surface area contributed by atoms with E-state index >= 15 is 0 Å². The number of carbonyl (C=O) groups is 1. The van der Waals surface area contributed by atoms with Gasteiger partial charge in [0.25, 0.3) is 0 Å². The zero-order valence-corrected chi connectivity index (χ0v) is 25.3. The molecule has 2 aromatic carbocycles. The van der Waals surface area contributed by atoms with E-state index in [1.165, 1.54) is 11.3 Å². The van der Waals surface area contributed by atoms with Crippen LogP contribution in [0.1, 0.15) is 25.8 Å². The number of nitrogens with zero attached hydrogens (tertiary/aromatic N) is 6. The number of benzene rings is 2. The lowest BCUT2D eigenvalue weighted by Crippen LogP contribution is -2.54. The molecule has 0 saturated carbocycles. The SMILES string of the molecule is CN(CCCN(C)c1ccc(/N=C/C23OCCN2c2ccccc2C3(C)C)cc1)C(=O)CSc1n(C)cc[n+]1C. The quantitative estimate of drug-likeness (QED) is 0.212. The third-order valence-electron chi connectivity index (χ3n) is 8.34. The predicted molar refractivity (Wildman–Crippen MR) is 163 cm³/mol. The van der Waals surface area contributed by atoms with E-state index in [0.717, 1.165) is 42.6 Å². The average molecular weight is 562 g/mol. The molecule has 3 heterocycles. The molecule has 0 bridgehead atoms. The molecule has 9 heteroatoms. The molecular formula is C31H41N6O2S+. The number of carbonyl (C=O) groups excluding carboxylic acids is 1. The van der Waals surface area contributed by atoms with Crippen LogP contribution in [0.25, 0.3) is 0 Å². The van der Waals surface area contributed by atoms with Crippen LogP contribution in [0.3, 0.4) is 0 Å². The van der Waals surface area contributed by atoms with Gasteiger partial charge in [-0.1, -0.05) is 32.0 Å². The lowest BCUT2D eigenvalue weighted by Gasteiger charge is -2.38. The molecule has 0 aliphatic carbocycles. The Labute approximate surface area is 242 Å². The molecule has 2 aliphatic rings. The smallest absolute Gasteiger partial charge is 0.318 e. The highest BCUT2D eigenvalue weighted by Gasteiger charge is 2.59. The van der Waals surface area contributed by atoms with Crippen molar-refractivity contribution in [1.82, 2.24) is 9.47 Å². The maximum Gasteiger partial charge on any atom is 0.318 e. The van der Waals surface area contributed by atoms with E-state index in [2.05, 4.69) is 79.2 Å². The van der Waals surface area contributed by atoms with Crippen LogP contribution in [0.15, 0.2) is 71.1 Å². The van der Waals surface area contributed by atoms with Gasteiger partial charge in [-0.3, -0.25) is 9.79 Å². The molecule has 1 fully saturated rings. The molecule has 5 rings (SSSR count). The highest BCUT2D eigenvalue weighted by Crippen LogP contribution is 2.53. The number of hydrogen-bond donors (Lipinski definition) is 0. The normalized spacial score (nSPS) is 19.2. The molecule has 1 aromatic heterocycles. The van der Waals surface area contributed by atoms with Crippen LogP contribution in [0.4, 0.5) is 17.1 Å². The highest BCUT2D eigenvalue weighted by atomic mass is 32.2. The van der Waals surface area contributed by atoms with Crippen molar-refractivity contribution in [3.05, 3.63) is 66.5 Å². The Hall–Kier alpha value is -3.30. The van der Waals surface area contributed by atoms with Crippen LogP contribution < -0.4 is 14.4 Å². The van der Waals surface area contributed by atoms with Gasteiger partial charge in [0, 0.05) is 50.5 Å². The number of rotatable bonds is 10. The molecule has 1 atom stereocenters. The Morgan fingerprint density at radius 3 is 2.62 bits per heavy atom. The number of imidazole rings is 1. The first-order valence-electron chi connectivity index (χ1n) is 13.9. The second-order valence-electron chi connectivity index (χ2n) is 11.3. The average Bonchev–Trinajstić information content (AvgIpc) is 3.58. The fraction of sp³-hybridized carbons (Fsp3) is 0.452. The van der Waals surface area contributed by atoms with Gasteiger partial charge in [-0.05, 0) is 54.1 Å². The molecule has 0 spiro atoms. The zero-order valence-electron chi connectivity index (χ0n) is 24.5. The van der Waals surface area contributed by atoms with Gasteiger partial charge in [-0.15, -0.1) is 0 Å². The van der Waals surface area contributed by atoms with Crippen molar-refractivity contribution in [2.45, 2.75) is 36.6 Å². The summed E-state index contributed by atoms with van der Waals surface area (Å²) in [5.74, 6) is 0.585. The van der Waals surface area contributed by atoms with E-state index in [1.807, 2.05) is 53.8 Å².